The molecule has 0 bridgehead atoms. The van der Waals surface area contributed by atoms with E-state index in [0.717, 1.165) is 23.5 Å². The molecule has 0 saturated carbocycles. The molecule has 1 aromatic heterocycles. The number of nitrogens with zero attached hydrogens (tertiary/aromatic N) is 1. The summed E-state index contributed by atoms with van der Waals surface area (Å²) in [5, 5.41) is 10.9. The number of carboxylic acids is 1. The number of amides is 1. The standard InChI is InChI=1S/C13H9FN2O3S/c14-9-5-8(2-4-12(17)18)1-3-10(9)16-13(19)11-6-15-7-20-11/h1-7H,(H,16,19)(H,17,18)/b4-2+. The number of anilines is 1. The smallest absolute Gasteiger partial charge is 0.328 e. The van der Waals surface area contributed by atoms with Crippen LogP contribution < -0.4 is 5.32 Å². The number of carbonyl (C=O) groups excluding carboxylic acids is 1. The van der Waals surface area contributed by atoms with Gasteiger partial charge in [0.05, 0.1) is 17.4 Å². The van der Waals surface area contributed by atoms with E-state index in [9.17, 15) is 14.0 Å². The molecule has 0 aliphatic heterocycles. The lowest BCUT2D eigenvalue weighted by molar-refractivity contribution is -0.131. The van der Waals surface area contributed by atoms with E-state index in [-0.39, 0.29) is 5.69 Å². The molecule has 1 heterocycles. The second kappa shape index (κ2) is 6.07. The molecule has 0 radical (unpaired) electrons. The number of rotatable bonds is 4. The SMILES string of the molecule is O=C(O)/C=C/c1ccc(NC(=O)c2cncs2)c(F)c1. The zero-order chi connectivity index (χ0) is 14.5. The summed E-state index contributed by atoms with van der Waals surface area (Å²) in [7, 11) is 0. The van der Waals surface area contributed by atoms with Gasteiger partial charge in [-0.1, -0.05) is 6.07 Å². The topological polar surface area (TPSA) is 79.3 Å². The molecule has 0 aliphatic rings. The Morgan fingerprint density at radius 3 is 2.80 bits per heavy atom. The van der Waals surface area contributed by atoms with Crippen molar-refractivity contribution in [2.24, 2.45) is 0 Å². The van der Waals surface area contributed by atoms with Crippen LogP contribution in [0.5, 0.6) is 0 Å². The van der Waals surface area contributed by atoms with Gasteiger partial charge in [-0.15, -0.1) is 11.3 Å². The fourth-order valence-corrected chi connectivity index (χ4v) is 1.93. The Bertz CT molecular complexity index is 668. The quantitative estimate of drug-likeness (QED) is 0.849. The third-order valence-corrected chi connectivity index (χ3v) is 3.09. The van der Waals surface area contributed by atoms with Crippen molar-refractivity contribution >= 4 is 35.0 Å². The highest BCUT2D eigenvalue weighted by Gasteiger charge is 2.10. The molecule has 0 unspecified atom stereocenters. The number of benzene rings is 1. The van der Waals surface area contributed by atoms with E-state index in [1.807, 2.05) is 0 Å². The number of carbonyl (C=O) groups is 2. The summed E-state index contributed by atoms with van der Waals surface area (Å²) in [6.07, 6.45) is 3.56. The van der Waals surface area contributed by atoms with Gasteiger partial charge in [0.25, 0.3) is 5.91 Å². The van der Waals surface area contributed by atoms with Crippen molar-refractivity contribution in [3.63, 3.8) is 0 Å². The molecule has 0 spiro atoms. The van der Waals surface area contributed by atoms with E-state index in [2.05, 4.69) is 10.3 Å². The van der Waals surface area contributed by atoms with Crippen molar-refractivity contribution in [1.82, 2.24) is 4.98 Å². The number of halogens is 1. The fourth-order valence-electron chi connectivity index (χ4n) is 1.42. The van der Waals surface area contributed by atoms with E-state index in [1.54, 1.807) is 0 Å². The molecular formula is C13H9FN2O3S. The van der Waals surface area contributed by atoms with Crippen LogP contribution in [0.1, 0.15) is 15.2 Å². The molecular weight excluding hydrogens is 283 g/mol. The first-order valence-corrected chi connectivity index (χ1v) is 6.34. The van der Waals surface area contributed by atoms with Crippen LogP contribution >= 0.6 is 11.3 Å². The Hall–Kier alpha value is -2.54. The maximum Gasteiger partial charge on any atom is 0.328 e. The molecule has 0 atom stereocenters. The van der Waals surface area contributed by atoms with Gasteiger partial charge in [0.1, 0.15) is 10.7 Å². The molecule has 2 aromatic rings. The van der Waals surface area contributed by atoms with Crippen LogP contribution in [0.4, 0.5) is 10.1 Å². The summed E-state index contributed by atoms with van der Waals surface area (Å²) in [5.74, 6) is -2.20. The molecule has 1 aromatic carbocycles. The first-order valence-electron chi connectivity index (χ1n) is 5.46. The van der Waals surface area contributed by atoms with Crippen molar-refractivity contribution in [2.45, 2.75) is 0 Å². The van der Waals surface area contributed by atoms with Gasteiger partial charge in [0.2, 0.25) is 0 Å². The van der Waals surface area contributed by atoms with Gasteiger partial charge in [0.15, 0.2) is 0 Å². The zero-order valence-electron chi connectivity index (χ0n) is 10.0. The average molecular weight is 292 g/mol. The third-order valence-electron chi connectivity index (χ3n) is 2.32. The largest absolute Gasteiger partial charge is 0.478 e. The number of thiazole rings is 1. The summed E-state index contributed by atoms with van der Waals surface area (Å²) in [4.78, 5) is 26.2. The summed E-state index contributed by atoms with van der Waals surface area (Å²) >= 11 is 1.15. The normalized spacial score (nSPS) is 10.7. The summed E-state index contributed by atoms with van der Waals surface area (Å²) in [6.45, 7) is 0. The first kappa shape index (κ1) is 13.9. The molecule has 7 heteroatoms. The highest BCUT2D eigenvalue weighted by molar-refractivity contribution is 7.11. The molecule has 2 rings (SSSR count). The van der Waals surface area contributed by atoms with Gasteiger partial charge in [-0.2, -0.15) is 0 Å². The van der Waals surface area contributed by atoms with Crippen LogP contribution in [-0.2, 0) is 4.79 Å². The van der Waals surface area contributed by atoms with Gasteiger partial charge < -0.3 is 10.4 Å². The van der Waals surface area contributed by atoms with Crippen LogP contribution in [0, 0.1) is 5.82 Å². The third kappa shape index (κ3) is 3.48. The Morgan fingerprint density at radius 1 is 1.40 bits per heavy atom. The first-order chi connectivity index (χ1) is 9.56. The number of aromatic nitrogens is 1. The number of hydrogen-bond acceptors (Lipinski definition) is 4. The van der Waals surface area contributed by atoms with Gasteiger partial charge in [-0.05, 0) is 23.8 Å². The van der Waals surface area contributed by atoms with E-state index in [0.29, 0.717) is 10.4 Å². The fraction of sp³-hybridized carbons (Fsp3) is 0. The summed E-state index contributed by atoms with van der Waals surface area (Å²) < 4.78 is 13.8. The lowest BCUT2D eigenvalue weighted by atomic mass is 10.2. The van der Waals surface area contributed by atoms with Crippen LogP contribution in [0.25, 0.3) is 6.08 Å². The molecule has 0 saturated heterocycles. The van der Waals surface area contributed by atoms with Crippen LogP contribution in [-0.4, -0.2) is 22.0 Å². The van der Waals surface area contributed by atoms with Crippen molar-refractivity contribution in [2.75, 3.05) is 5.32 Å². The van der Waals surface area contributed by atoms with E-state index < -0.39 is 17.7 Å². The van der Waals surface area contributed by atoms with Crippen molar-refractivity contribution in [3.8, 4) is 0 Å². The predicted molar refractivity (Wildman–Crippen MR) is 73.1 cm³/mol. The van der Waals surface area contributed by atoms with Crippen LogP contribution in [0.2, 0.25) is 0 Å². The van der Waals surface area contributed by atoms with E-state index in [1.165, 1.54) is 29.9 Å². The highest BCUT2D eigenvalue weighted by Crippen LogP contribution is 2.18. The predicted octanol–water partition coefficient (Wildman–Crippen LogP) is 2.63. The number of nitrogens with one attached hydrogen (secondary N) is 1. The van der Waals surface area contributed by atoms with E-state index >= 15 is 0 Å². The maximum absolute atomic E-state index is 13.8. The van der Waals surface area contributed by atoms with Gasteiger partial charge >= 0.3 is 5.97 Å². The minimum Gasteiger partial charge on any atom is -0.478 e. The number of carboxylic acid groups (broad SMARTS) is 1. The lowest BCUT2D eigenvalue weighted by Crippen LogP contribution is -2.11. The average Bonchev–Trinajstić information content (AvgIpc) is 2.93. The second-order valence-electron chi connectivity index (χ2n) is 3.73. The minimum atomic E-state index is -1.12. The van der Waals surface area contributed by atoms with Gasteiger partial charge in [-0.25, -0.2) is 9.18 Å². The Labute approximate surface area is 117 Å². The molecule has 2 N–H and O–H groups in total. The van der Waals surface area contributed by atoms with Crippen molar-refractivity contribution < 1.29 is 19.1 Å². The van der Waals surface area contributed by atoms with Crippen molar-refractivity contribution in [3.05, 3.63) is 52.2 Å². The highest BCUT2D eigenvalue weighted by atomic mass is 32.1. The second-order valence-corrected chi connectivity index (χ2v) is 4.62. The van der Waals surface area contributed by atoms with Gasteiger partial charge in [0, 0.05) is 6.08 Å². The Kier molecular flexibility index (Phi) is 4.21. The molecule has 102 valence electrons. The van der Waals surface area contributed by atoms with Gasteiger partial charge in [-0.3, -0.25) is 9.78 Å². The lowest BCUT2D eigenvalue weighted by Gasteiger charge is -2.05. The molecule has 0 aliphatic carbocycles. The number of aliphatic carboxylic acids is 1. The zero-order valence-corrected chi connectivity index (χ0v) is 10.9. The minimum absolute atomic E-state index is 0.0240. The molecule has 1 amide bonds. The summed E-state index contributed by atoms with van der Waals surface area (Å²) in [6, 6.07) is 4.02. The van der Waals surface area contributed by atoms with Crippen molar-refractivity contribution in [1.29, 1.82) is 0 Å². The van der Waals surface area contributed by atoms with E-state index in [4.69, 9.17) is 5.11 Å². The molecule has 0 fully saturated rings. The number of hydrogen-bond donors (Lipinski definition) is 2. The Morgan fingerprint density at radius 2 is 2.20 bits per heavy atom. The maximum atomic E-state index is 13.8. The molecule has 20 heavy (non-hydrogen) atoms. The summed E-state index contributed by atoms with van der Waals surface area (Å²) in [5.41, 5.74) is 1.92. The van der Waals surface area contributed by atoms with Crippen LogP contribution in [0.15, 0.2) is 36.0 Å². The Balaban J connectivity index is 2.14. The van der Waals surface area contributed by atoms with Crippen LogP contribution in [0.3, 0.4) is 0 Å². The molecule has 5 nitrogen and oxygen atoms in total. The monoisotopic (exact) mass is 292 g/mol.